The lowest BCUT2D eigenvalue weighted by Gasteiger charge is -2.20. The number of thiazole rings is 1. The molecule has 1 N–H and O–H groups in total. The minimum atomic E-state index is -3.58. The Kier molecular flexibility index (Phi) is 8.05. The van der Waals surface area contributed by atoms with E-state index in [9.17, 15) is 13.2 Å². The highest BCUT2D eigenvalue weighted by molar-refractivity contribution is 7.89. The van der Waals surface area contributed by atoms with Gasteiger partial charge in [0.1, 0.15) is 11.5 Å². The topological polar surface area (TPSA) is 97.8 Å². The van der Waals surface area contributed by atoms with Gasteiger partial charge in [0, 0.05) is 13.1 Å². The summed E-state index contributed by atoms with van der Waals surface area (Å²) in [4.78, 5) is 16.9. The molecule has 2 aromatic carbocycles. The van der Waals surface area contributed by atoms with Gasteiger partial charge in [0.2, 0.25) is 10.0 Å². The zero-order valence-corrected chi connectivity index (χ0v) is 20.0. The number of fused-ring (bicyclic) bond motifs is 1. The first-order chi connectivity index (χ1) is 15.4. The highest BCUT2D eigenvalue weighted by Gasteiger charge is 2.24. The van der Waals surface area contributed by atoms with Crippen LogP contribution in [0.5, 0.6) is 11.5 Å². The van der Waals surface area contributed by atoms with Crippen molar-refractivity contribution in [3.8, 4) is 11.5 Å². The molecule has 0 saturated carbocycles. The Morgan fingerprint density at radius 2 is 1.72 bits per heavy atom. The Morgan fingerprint density at radius 3 is 2.34 bits per heavy atom. The molecule has 1 amide bonds. The number of methoxy groups -OCH3 is 1. The third kappa shape index (κ3) is 5.76. The zero-order valence-electron chi connectivity index (χ0n) is 18.3. The summed E-state index contributed by atoms with van der Waals surface area (Å²) >= 11 is 1.22. The molecule has 0 fully saturated rings. The van der Waals surface area contributed by atoms with Crippen LogP contribution in [-0.2, 0) is 14.8 Å². The first-order valence-electron chi connectivity index (χ1n) is 10.3. The van der Waals surface area contributed by atoms with Crippen molar-refractivity contribution in [3.63, 3.8) is 0 Å². The van der Waals surface area contributed by atoms with Crippen molar-refractivity contribution < 1.29 is 22.7 Å². The molecule has 172 valence electrons. The fourth-order valence-corrected chi connectivity index (χ4v) is 5.74. The number of benzene rings is 2. The van der Waals surface area contributed by atoms with Crippen LogP contribution < -0.4 is 14.8 Å². The van der Waals surface area contributed by atoms with Crippen molar-refractivity contribution >= 4 is 42.6 Å². The smallest absolute Gasteiger partial charge is 0.264 e. The van der Waals surface area contributed by atoms with E-state index in [0.29, 0.717) is 39.9 Å². The third-order valence-electron chi connectivity index (χ3n) is 4.62. The van der Waals surface area contributed by atoms with E-state index in [-0.39, 0.29) is 17.4 Å². The normalized spacial score (nSPS) is 11.6. The van der Waals surface area contributed by atoms with Gasteiger partial charge in [-0.1, -0.05) is 25.2 Å². The molecule has 0 aliphatic rings. The van der Waals surface area contributed by atoms with Gasteiger partial charge in [0.15, 0.2) is 11.7 Å². The molecule has 0 spiro atoms. The lowest BCUT2D eigenvalue weighted by atomic mass is 10.3. The molecular formula is C22H27N3O5S2. The molecule has 1 heterocycles. The first-order valence-corrected chi connectivity index (χ1v) is 12.6. The van der Waals surface area contributed by atoms with Crippen molar-refractivity contribution in [1.29, 1.82) is 0 Å². The Bertz CT molecular complexity index is 1150. The van der Waals surface area contributed by atoms with Crippen LogP contribution in [0.25, 0.3) is 10.2 Å². The summed E-state index contributed by atoms with van der Waals surface area (Å²) in [6, 6.07) is 11.8. The second-order valence-corrected chi connectivity index (χ2v) is 10.0. The van der Waals surface area contributed by atoms with Gasteiger partial charge in [0.25, 0.3) is 5.91 Å². The quantitative estimate of drug-likeness (QED) is 0.446. The number of nitrogens with one attached hydrogen (secondary N) is 1. The number of hydrogen-bond donors (Lipinski definition) is 1. The Balaban J connectivity index is 1.69. The summed E-state index contributed by atoms with van der Waals surface area (Å²) in [6.45, 7) is 4.69. The van der Waals surface area contributed by atoms with Gasteiger partial charge in [0.05, 0.1) is 22.2 Å². The molecule has 0 radical (unpaired) electrons. The fourth-order valence-electron chi connectivity index (χ4n) is 3.10. The van der Waals surface area contributed by atoms with Crippen molar-refractivity contribution in [2.24, 2.45) is 0 Å². The summed E-state index contributed by atoms with van der Waals surface area (Å²) in [6.07, 6.45) is 1.49. The average Bonchev–Trinajstić information content (AvgIpc) is 3.19. The molecule has 10 heteroatoms. The van der Waals surface area contributed by atoms with Crippen LogP contribution in [-0.4, -0.2) is 50.4 Å². The molecule has 8 nitrogen and oxygen atoms in total. The second kappa shape index (κ2) is 10.8. The van der Waals surface area contributed by atoms with Crippen molar-refractivity contribution in [3.05, 3.63) is 42.5 Å². The van der Waals surface area contributed by atoms with Gasteiger partial charge < -0.3 is 9.47 Å². The number of anilines is 1. The number of rotatable bonds is 11. The van der Waals surface area contributed by atoms with E-state index in [1.807, 2.05) is 13.8 Å². The molecule has 1 aromatic heterocycles. The van der Waals surface area contributed by atoms with Crippen LogP contribution in [0, 0.1) is 0 Å². The van der Waals surface area contributed by atoms with E-state index in [4.69, 9.17) is 9.47 Å². The van der Waals surface area contributed by atoms with Crippen LogP contribution >= 0.6 is 11.3 Å². The molecule has 32 heavy (non-hydrogen) atoms. The number of ether oxygens (including phenoxy) is 2. The van der Waals surface area contributed by atoms with Crippen LogP contribution in [0.1, 0.15) is 26.7 Å². The predicted octanol–water partition coefficient (Wildman–Crippen LogP) is 4.13. The van der Waals surface area contributed by atoms with Gasteiger partial charge in [-0.25, -0.2) is 13.4 Å². The first kappa shape index (κ1) is 24.0. The molecule has 3 rings (SSSR count). The SMILES string of the molecule is CCCN(CCC)S(=O)(=O)c1ccc2nc(NC(=O)COc3ccc(OC)cc3)sc2c1. The maximum absolute atomic E-state index is 13.0. The summed E-state index contributed by atoms with van der Waals surface area (Å²) in [7, 11) is -2.00. The van der Waals surface area contributed by atoms with Crippen LogP contribution in [0.2, 0.25) is 0 Å². The lowest BCUT2D eigenvalue weighted by molar-refractivity contribution is -0.118. The summed E-state index contributed by atoms with van der Waals surface area (Å²) in [5.74, 6) is 0.888. The van der Waals surface area contributed by atoms with Crippen LogP contribution in [0.15, 0.2) is 47.4 Å². The Hall–Kier alpha value is -2.69. The molecule has 3 aromatic rings. The van der Waals surface area contributed by atoms with E-state index in [1.54, 1.807) is 49.6 Å². The zero-order chi connectivity index (χ0) is 23.1. The molecular weight excluding hydrogens is 450 g/mol. The molecule has 0 saturated heterocycles. The van der Waals surface area contributed by atoms with Crippen molar-refractivity contribution in [2.45, 2.75) is 31.6 Å². The Morgan fingerprint density at radius 1 is 1.06 bits per heavy atom. The number of carbonyl (C=O) groups is 1. The fraction of sp³-hybridized carbons (Fsp3) is 0.364. The maximum Gasteiger partial charge on any atom is 0.264 e. The number of aromatic nitrogens is 1. The van der Waals surface area contributed by atoms with Crippen molar-refractivity contribution in [2.75, 3.05) is 32.1 Å². The standard InChI is InChI=1S/C22H27N3O5S2/c1-4-12-25(13-5-2)32(27,28)18-10-11-19-20(14-18)31-22(23-19)24-21(26)15-30-17-8-6-16(29-3)7-9-17/h6-11,14H,4-5,12-13,15H2,1-3H3,(H,23,24,26). The van der Waals surface area contributed by atoms with Gasteiger partial charge in [-0.05, 0) is 55.3 Å². The van der Waals surface area contributed by atoms with Gasteiger partial charge >= 0.3 is 0 Å². The molecule has 0 atom stereocenters. The molecule has 0 aliphatic carbocycles. The van der Waals surface area contributed by atoms with E-state index in [0.717, 1.165) is 12.8 Å². The van der Waals surface area contributed by atoms with Gasteiger partial charge in [-0.15, -0.1) is 0 Å². The highest BCUT2D eigenvalue weighted by atomic mass is 32.2. The summed E-state index contributed by atoms with van der Waals surface area (Å²) < 4.78 is 38.8. The highest BCUT2D eigenvalue weighted by Crippen LogP contribution is 2.29. The average molecular weight is 478 g/mol. The summed E-state index contributed by atoms with van der Waals surface area (Å²) in [5.41, 5.74) is 0.623. The van der Waals surface area contributed by atoms with E-state index in [1.165, 1.54) is 15.6 Å². The number of carbonyl (C=O) groups excluding carboxylic acids is 1. The summed E-state index contributed by atoms with van der Waals surface area (Å²) in [5, 5.41) is 3.09. The second-order valence-electron chi connectivity index (χ2n) is 7.07. The van der Waals surface area contributed by atoms with Crippen LogP contribution in [0.3, 0.4) is 0 Å². The predicted molar refractivity (Wildman–Crippen MR) is 126 cm³/mol. The Labute approximate surface area is 192 Å². The number of hydrogen-bond acceptors (Lipinski definition) is 7. The maximum atomic E-state index is 13.0. The number of sulfonamides is 1. The van der Waals surface area contributed by atoms with Gasteiger partial charge in [-0.2, -0.15) is 4.31 Å². The minimum absolute atomic E-state index is 0.176. The molecule has 0 unspecified atom stereocenters. The largest absolute Gasteiger partial charge is 0.497 e. The minimum Gasteiger partial charge on any atom is -0.497 e. The monoisotopic (exact) mass is 477 g/mol. The van der Waals surface area contributed by atoms with E-state index in [2.05, 4.69) is 10.3 Å². The number of nitrogens with zero attached hydrogens (tertiary/aromatic N) is 2. The molecule has 0 aliphatic heterocycles. The van der Waals surface area contributed by atoms with E-state index >= 15 is 0 Å². The van der Waals surface area contributed by atoms with Crippen LogP contribution in [0.4, 0.5) is 5.13 Å². The van der Waals surface area contributed by atoms with E-state index < -0.39 is 10.0 Å². The molecule has 0 bridgehead atoms. The number of amides is 1. The third-order valence-corrected chi connectivity index (χ3v) is 7.45. The van der Waals surface area contributed by atoms with Gasteiger partial charge in [-0.3, -0.25) is 10.1 Å². The lowest BCUT2D eigenvalue weighted by Crippen LogP contribution is -2.32. The van der Waals surface area contributed by atoms with Crippen molar-refractivity contribution in [1.82, 2.24) is 9.29 Å².